The van der Waals surface area contributed by atoms with E-state index in [2.05, 4.69) is 5.32 Å². The molecule has 37 heavy (non-hydrogen) atoms. The van der Waals surface area contributed by atoms with Crippen LogP contribution in [-0.4, -0.2) is 47.9 Å². The zero-order chi connectivity index (χ0) is 27.9. The van der Waals surface area contributed by atoms with Crippen LogP contribution in [0.5, 0.6) is 5.75 Å². The lowest BCUT2D eigenvalue weighted by molar-refractivity contribution is -0.454. The van der Waals surface area contributed by atoms with Crippen molar-refractivity contribution < 1.29 is 48.8 Å². The Morgan fingerprint density at radius 3 is 2.03 bits per heavy atom. The van der Waals surface area contributed by atoms with Gasteiger partial charge in [-0.15, -0.1) is 0 Å². The standard InChI is InChI=1S/C25H23F9N2O/c1-21(2)18-6-4-5-7-19(18)36(20(21)12-14-35-16-8-10-17(37-3)11-9-16)15-13-22(26,27)23(28,29)24(30,31)25(32,33)34/h4-12,14H,13,15H2,1-3H3/p+1. The van der Waals surface area contributed by atoms with Gasteiger partial charge in [0, 0.05) is 29.6 Å². The molecule has 0 spiro atoms. The third-order valence-electron chi connectivity index (χ3n) is 6.24. The van der Waals surface area contributed by atoms with Crippen molar-refractivity contribution >= 4 is 17.1 Å². The predicted molar refractivity (Wildman–Crippen MR) is 121 cm³/mol. The molecule has 0 unspecified atom stereocenters. The Morgan fingerprint density at radius 2 is 1.46 bits per heavy atom. The monoisotopic (exact) mass is 539 g/mol. The average molecular weight is 539 g/mol. The van der Waals surface area contributed by atoms with E-state index in [1.807, 2.05) is 0 Å². The number of nitrogens with zero attached hydrogens (tertiary/aromatic N) is 1. The number of para-hydroxylation sites is 1. The molecular weight excluding hydrogens is 515 g/mol. The minimum absolute atomic E-state index is 0.344. The summed E-state index contributed by atoms with van der Waals surface area (Å²) in [5, 5.41) is 2.97. The van der Waals surface area contributed by atoms with Gasteiger partial charge in [-0.1, -0.05) is 18.2 Å². The first-order chi connectivity index (χ1) is 17.0. The van der Waals surface area contributed by atoms with Gasteiger partial charge in [0.1, 0.15) is 5.75 Å². The molecule has 2 aromatic rings. The van der Waals surface area contributed by atoms with Crippen molar-refractivity contribution in [3.8, 4) is 5.75 Å². The molecule has 0 atom stereocenters. The molecule has 0 amide bonds. The molecule has 2 aromatic carbocycles. The molecule has 3 nitrogen and oxygen atoms in total. The SMILES string of the molecule is COc1ccc(N/C=C/C2=[N+](CCC(F)(F)C(F)(F)C(F)(F)C(F)(F)F)c3ccccc3C2(C)C)cc1. The molecule has 0 aromatic heterocycles. The normalized spacial score (nSPS) is 16.3. The fraction of sp³-hybridized carbons (Fsp3) is 0.400. The molecule has 0 radical (unpaired) electrons. The first kappa shape index (κ1) is 28.4. The number of fused-ring (bicyclic) bond motifs is 1. The Kier molecular flexibility index (Phi) is 7.37. The van der Waals surface area contributed by atoms with Crippen LogP contribution in [0.15, 0.2) is 60.8 Å². The van der Waals surface area contributed by atoms with Crippen LogP contribution in [-0.2, 0) is 5.41 Å². The Labute approximate surface area is 207 Å². The molecular formula is C25H24F9N2O+. The third-order valence-corrected chi connectivity index (χ3v) is 6.24. The van der Waals surface area contributed by atoms with Crippen molar-refractivity contribution in [2.24, 2.45) is 0 Å². The largest absolute Gasteiger partial charge is 0.497 e. The zero-order valence-corrected chi connectivity index (χ0v) is 19.9. The summed E-state index contributed by atoms with van der Waals surface area (Å²) < 4.78 is 127. The van der Waals surface area contributed by atoms with Crippen molar-refractivity contribution in [2.75, 3.05) is 19.0 Å². The molecule has 1 heterocycles. The van der Waals surface area contributed by atoms with E-state index in [1.165, 1.54) is 30.0 Å². The first-order valence-corrected chi connectivity index (χ1v) is 11.0. The van der Waals surface area contributed by atoms with E-state index < -0.39 is 42.3 Å². The highest BCUT2D eigenvalue weighted by Gasteiger charge is 2.81. The van der Waals surface area contributed by atoms with E-state index in [0.717, 1.165) is 0 Å². The maximum absolute atomic E-state index is 14.3. The van der Waals surface area contributed by atoms with Gasteiger partial charge in [0.15, 0.2) is 12.3 Å². The van der Waals surface area contributed by atoms with Gasteiger partial charge in [0.2, 0.25) is 5.69 Å². The second-order valence-corrected chi connectivity index (χ2v) is 8.99. The number of ether oxygens (including phenoxy) is 1. The number of methoxy groups -OCH3 is 1. The summed E-state index contributed by atoms with van der Waals surface area (Å²) in [4.78, 5) is 0. The lowest BCUT2D eigenvalue weighted by Crippen LogP contribution is -2.61. The molecule has 0 aliphatic carbocycles. The minimum atomic E-state index is -6.92. The average Bonchev–Trinajstić information content (AvgIpc) is 3.03. The lowest BCUT2D eigenvalue weighted by atomic mass is 9.81. The number of hydrogen-bond donors (Lipinski definition) is 1. The van der Waals surface area contributed by atoms with Gasteiger partial charge >= 0.3 is 23.9 Å². The number of rotatable bonds is 9. The van der Waals surface area contributed by atoms with E-state index in [9.17, 15) is 39.5 Å². The van der Waals surface area contributed by atoms with Crippen LogP contribution in [0, 0.1) is 0 Å². The maximum atomic E-state index is 14.3. The van der Waals surface area contributed by atoms with Gasteiger partial charge in [-0.25, -0.2) is 0 Å². The summed E-state index contributed by atoms with van der Waals surface area (Å²) in [6.07, 6.45) is -5.83. The van der Waals surface area contributed by atoms with Crippen molar-refractivity contribution in [1.29, 1.82) is 0 Å². The quantitative estimate of drug-likeness (QED) is 0.263. The van der Waals surface area contributed by atoms with E-state index in [1.54, 1.807) is 56.3 Å². The van der Waals surface area contributed by atoms with E-state index in [-0.39, 0.29) is 0 Å². The summed E-state index contributed by atoms with van der Waals surface area (Å²) >= 11 is 0. The molecule has 3 rings (SSSR count). The summed E-state index contributed by atoms with van der Waals surface area (Å²) in [7, 11) is 1.50. The number of halogens is 9. The van der Waals surface area contributed by atoms with Gasteiger partial charge in [-0.3, -0.25) is 0 Å². The van der Waals surface area contributed by atoms with Gasteiger partial charge in [0.25, 0.3) is 0 Å². The van der Waals surface area contributed by atoms with Gasteiger partial charge in [0.05, 0.1) is 18.9 Å². The van der Waals surface area contributed by atoms with Gasteiger partial charge < -0.3 is 10.1 Å². The smallest absolute Gasteiger partial charge is 0.460 e. The zero-order valence-electron chi connectivity index (χ0n) is 19.9. The molecule has 0 bridgehead atoms. The molecule has 1 N–H and O–H groups in total. The lowest BCUT2D eigenvalue weighted by Gasteiger charge is -2.33. The number of anilines is 1. The van der Waals surface area contributed by atoms with Crippen LogP contribution in [0.1, 0.15) is 25.8 Å². The Balaban J connectivity index is 1.94. The number of benzene rings is 2. The van der Waals surface area contributed by atoms with Crippen LogP contribution in [0.4, 0.5) is 50.9 Å². The van der Waals surface area contributed by atoms with Crippen molar-refractivity contribution in [2.45, 2.75) is 49.6 Å². The molecule has 0 saturated heterocycles. The molecule has 0 fully saturated rings. The number of nitrogens with one attached hydrogen (secondary N) is 1. The van der Waals surface area contributed by atoms with Crippen molar-refractivity contribution in [1.82, 2.24) is 0 Å². The molecule has 12 heteroatoms. The summed E-state index contributed by atoms with van der Waals surface area (Å²) in [5.74, 6) is -18.6. The molecule has 0 saturated carbocycles. The van der Waals surface area contributed by atoms with E-state index in [4.69, 9.17) is 4.74 Å². The highest BCUT2D eigenvalue weighted by Crippen LogP contribution is 2.54. The third kappa shape index (κ3) is 5.02. The topological polar surface area (TPSA) is 24.3 Å². The summed E-state index contributed by atoms with van der Waals surface area (Å²) in [5.41, 5.74) is 1.13. The van der Waals surface area contributed by atoms with Gasteiger partial charge in [-0.2, -0.15) is 44.1 Å². The second kappa shape index (κ2) is 9.60. The fourth-order valence-corrected chi connectivity index (χ4v) is 4.10. The van der Waals surface area contributed by atoms with Crippen LogP contribution >= 0.6 is 0 Å². The Morgan fingerprint density at radius 1 is 0.865 bits per heavy atom. The highest BCUT2D eigenvalue weighted by atomic mass is 19.4. The van der Waals surface area contributed by atoms with E-state index >= 15 is 0 Å². The Hall–Kier alpha value is -3.18. The van der Waals surface area contributed by atoms with Crippen LogP contribution < -0.4 is 10.1 Å². The van der Waals surface area contributed by atoms with Crippen LogP contribution in [0.3, 0.4) is 0 Å². The first-order valence-electron chi connectivity index (χ1n) is 11.0. The van der Waals surface area contributed by atoms with Gasteiger partial charge in [-0.05, 0) is 38.1 Å². The molecule has 1 aliphatic heterocycles. The highest BCUT2D eigenvalue weighted by molar-refractivity contribution is 6.03. The number of hydrogen-bond acceptors (Lipinski definition) is 2. The van der Waals surface area contributed by atoms with Crippen LogP contribution in [0.2, 0.25) is 0 Å². The maximum Gasteiger partial charge on any atom is 0.460 e. The van der Waals surface area contributed by atoms with E-state index in [0.29, 0.717) is 28.4 Å². The summed E-state index contributed by atoms with van der Waals surface area (Å²) in [6.45, 7) is 2.53. The molecule has 202 valence electrons. The summed E-state index contributed by atoms with van der Waals surface area (Å²) in [6, 6.07) is 13.2. The van der Waals surface area contributed by atoms with Crippen LogP contribution in [0.25, 0.3) is 0 Å². The minimum Gasteiger partial charge on any atom is -0.497 e. The second-order valence-electron chi connectivity index (χ2n) is 8.99. The van der Waals surface area contributed by atoms with Crippen molar-refractivity contribution in [3.63, 3.8) is 0 Å². The predicted octanol–water partition coefficient (Wildman–Crippen LogP) is 7.56. The number of alkyl halides is 9. The molecule has 1 aliphatic rings. The number of allylic oxidation sites excluding steroid dienone is 1. The Bertz CT molecular complexity index is 1180. The van der Waals surface area contributed by atoms with Crippen molar-refractivity contribution in [3.05, 3.63) is 66.4 Å². The fourth-order valence-electron chi connectivity index (χ4n) is 4.10.